The summed E-state index contributed by atoms with van der Waals surface area (Å²) in [6.07, 6.45) is 7.43. The number of carbonyl (C=O) groups excluding carboxylic acids is 2. The van der Waals surface area contributed by atoms with Gasteiger partial charge in [-0.3, -0.25) is 19.4 Å². The molecule has 4 aliphatic rings. The van der Waals surface area contributed by atoms with Crippen molar-refractivity contribution in [2.24, 2.45) is 0 Å². The van der Waals surface area contributed by atoms with Crippen LogP contribution in [0.15, 0.2) is 43.0 Å². The predicted molar refractivity (Wildman–Crippen MR) is 161 cm³/mol. The molecule has 4 atom stereocenters. The first kappa shape index (κ1) is 29.8. The Balaban J connectivity index is 1.11. The Kier molecular flexibility index (Phi) is 9.05. The van der Waals surface area contributed by atoms with Crippen LogP contribution in [0.1, 0.15) is 47.1 Å². The largest absolute Gasteiger partial charge is 0.493 e. The summed E-state index contributed by atoms with van der Waals surface area (Å²) in [5.41, 5.74) is 2.33. The van der Waals surface area contributed by atoms with Gasteiger partial charge in [0.05, 0.1) is 61.9 Å². The van der Waals surface area contributed by atoms with Crippen molar-refractivity contribution in [1.82, 2.24) is 45.0 Å². The van der Waals surface area contributed by atoms with E-state index in [1.165, 1.54) is 0 Å². The zero-order valence-corrected chi connectivity index (χ0v) is 25.4. The standard InChI is InChI=1S/C31H41N9O5/c41-30-27-20-38(17-22-15-32-21-34-22)8-9-39(27)31(42)25-3-1-2-4-28(25)44-12-7-24-5-6-26(29(45-24)16-33-30)40-19-23(35-36-40)18-37-10-13-43-14-11-37/h1-4,15,19,21,24,26-27,29H,5-14,16-18,20H2,(H,32,34)(H,33,41)/t24-,26+,27-,29+/m0/s1. The molecule has 0 saturated carbocycles. The molecule has 2 amide bonds. The molecule has 1 aromatic carbocycles. The van der Waals surface area contributed by atoms with Crippen LogP contribution in [0.25, 0.3) is 0 Å². The summed E-state index contributed by atoms with van der Waals surface area (Å²) in [6, 6.07) is 6.53. The fourth-order valence-corrected chi connectivity index (χ4v) is 6.79. The fourth-order valence-electron chi connectivity index (χ4n) is 6.79. The number of hydrogen-bond donors (Lipinski definition) is 2. The minimum Gasteiger partial charge on any atom is -0.493 e. The molecule has 3 saturated heterocycles. The number of amides is 2. The van der Waals surface area contributed by atoms with Gasteiger partial charge >= 0.3 is 0 Å². The summed E-state index contributed by atoms with van der Waals surface area (Å²) in [4.78, 5) is 41.4. The molecule has 2 aromatic heterocycles. The van der Waals surface area contributed by atoms with E-state index in [4.69, 9.17) is 14.2 Å². The van der Waals surface area contributed by atoms with Crippen LogP contribution in [0.4, 0.5) is 0 Å². The lowest BCUT2D eigenvalue weighted by atomic mass is 9.96. The highest BCUT2D eigenvalue weighted by Crippen LogP contribution is 2.31. The SMILES string of the molecule is O=C1NC[C@H]2O[C@H](CCOc3ccccc3C(=O)N3CCN(Cc4cnc[nH]4)C[C@@H]13)CC[C@H]2n1cc(CN2CCOCC2)nn1. The van der Waals surface area contributed by atoms with E-state index < -0.39 is 6.04 Å². The summed E-state index contributed by atoms with van der Waals surface area (Å²) in [6.45, 7) is 6.71. The Morgan fingerprint density at radius 1 is 0.956 bits per heavy atom. The average molecular weight is 620 g/mol. The number of nitrogens with one attached hydrogen (secondary N) is 2. The van der Waals surface area contributed by atoms with Crippen molar-refractivity contribution in [2.45, 2.75) is 56.6 Å². The van der Waals surface area contributed by atoms with Crippen LogP contribution >= 0.6 is 0 Å². The molecule has 3 fully saturated rings. The molecule has 0 unspecified atom stereocenters. The maximum Gasteiger partial charge on any atom is 0.258 e. The van der Waals surface area contributed by atoms with E-state index in [1.807, 2.05) is 29.1 Å². The van der Waals surface area contributed by atoms with Gasteiger partial charge in [-0.25, -0.2) is 9.67 Å². The monoisotopic (exact) mass is 619 g/mol. The van der Waals surface area contributed by atoms with Crippen LogP contribution < -0.4 is 10.1 Å². The van der Waals surface area contributed by atoms with Crippen LogP contribution in [0.3, 0.4) is 0 Å². The summed E-state index contributed by atoms with van der Waals surface area (Å²) >= 11 is 0. The molecule has 7 rings (SSSR count). The van der Waals surface area contributed by atoms with Gasteiger partial charge in [-0.2, -0.15) is 0 Å². The number of ether oxygens (including phenoxy) is 3. The van der Waals surface area contributed by atoms with Crippen molar-refractivity contribution in [1.29, 1.82) is 0 Å². The first-order valence-electron chi connectivity index (χ1n) is 16.0. The third-order valence-corrected chi connectivity index (χ3v) is 9.24. The second-order valence-corrected chi connectivity index (χ2v) is 12.2. The molecule has 4 aliphatic heterocycles. The third kappa shape index (κ3) is 6.88. The highest BCUT2D eigenvalue weighted by molar-refractivity contribution is 6.00. The molecule has 6 heterocycles. The van der Waals surface area contributed by atoms with Crippen molar-refractivity contribution < 1.29 is 23.8 Å². The van der Waals surface area contributed by atoms with Gasteiger partial charge in [-0.15, -0.1) is 5.10 Å². The van der Waals surface area contributed by atoms with Crippen LogP contribution in [-0.2, 0) is 27.4 Å². The average Bonchev–Trinajstić information content (AvgIpc) is 3.76. The molecule has 0 spiro atoms. The van der Waals surface area contributed by atoms with Crippen LogP contribution in [0, 0.1) is 0 Å². The Bertz CT molecular complexity index is 1440. The minimum absolute atomic E-state index is 0.0404. The smallest absolute Gasteiger partial charge is 0.258 e. The number of rotatable bonds is 5. The number of hydrogen-bond acceptors (Lipinski definition) is 10. The summed E-state index contributed by atoms with van der Waals surface area (Å²) < 4.78 is 20.2. The van der Waals surface area contributed by atoms with Gasteiger partial charge in [-0.1, -0.05) is 17.3 Å². The van der Waals surface area contributed by atoms with Gasteiger partial charge in [0.2, 0.25) is 5.91 Å². The topological polar surface area (TPSA) is 143 Å². The quantitative estimate of drug-likeness (QED) is 0.422. The fraction of sp³-hybridized carbons (Fsp3) is 0.581. The van der Waals surface area contributed by atoms with Crippen molar-refractivity contribution >= 4 is 11.8 Å². The normalized spacial score (nSPS) is 27.2. The number of para-hydroxylation sites is 1. The van der Waals surface area contributed by atoms with Crippen molar-refractivity contribution in [3.63, 3.8) is 0 Å². The zero-order valence-electron chi connectivity index (χ0n) is 25.4. The number of fused-ring (bicyclic) bond motifs is 4. The van der Waals surface area contributed by atoms with Gasteiger partial charge in [0.25, 0.3) is 5.91 Å². The lowest BCUT2D eigenvalue weighted by Crippen LogP contribution is -2.61. The number of morpholine rings is 1. The van der Waals surface area contributed by atoms with E-state index in [0.717, 1.165) is 57.1 Å². The maximum absolute atomic E-state index is 14.0. The summed E-state index contributed by atoms with van der Waals surface area (Å²) in [7, 11) is 0. The molecule has 0 aliphatic carbocycles. The molecule has 45 heavy (non-hydrogen) atoms. The molecular weight excluding hydrogens is 578 g/mol. The van der Waals surface area contributed by atoms with Gasteiger partial charge in [-0.05, 0) is 25.0 Å². The third-order valence-electron chi connectivity index (χ3n) is 9.24. The number of carbonyl (C=O) groups is 2. The molecule has 2 N–H and O–H groups in total. The van der Waals surface area contributed by atoms with E-state index in [1.54, 1.807) is 23.5 Å². The molecule has 2 bridgehead atoms. The molecule has 14 nitrogen and oxygen atoms in total. The van der Waals surface area contributed by atoms with Gasteiger partial charge in [0.1, 0.15) is 11.8 Å². The number of piperazine rings is 1. The molecule has 0 radical (unpaired) electrons. The highest BCUT2D eigenvalue weighted by Gasteiger charge is 2.39. The number of aromatic amines is 1. The molecule has 3 aromatic rings. The van der Waals surface area contributed by atoms with Crippen molar-refractivity contribution in [3.8, 4) is 5.75 Å². The predicted octanol–water partition coefficient (Wildman–Crippen LogP) is 0.848. The van der Waals surface area contributed by atoms with Gasteiger partial charge in [0.15, 0.2) is 0 Å². The van der Waals surface area contributed by atoms with E-state index in [0.29, 0.717) is 57.1 Å². The number of H-pyrrole nitrogens is 1. The number of imidazole rings is 1. The second-order valence-electron chi connectivity index (χ2n) is 12.2. The van der Waals surface area contributed by atoms with Crippen molar-refractivity contribution in [2.75, 3.05) is 59.1 Å². The Morgan fingerprint density at radius 3 is 2.71 bits per heavy atom. The molecule has 14 heteroatoms. The van der Waals surface area contributed by atoms with Crippen LogP contribution in [-0.4, -0.2) is 129 Å². The number of benzene rings is 1. The number of nitrogens with zero attached hydrogens (tertiary/aromatic N) is 7. The Labute approximate surface area is 262 Å². The lowest BCUT2D eigenvalue weighted by Gasteiger charge is -2.41. The lowest BCUT2D eigenvalue weighted by molar-refractivity contribution is -0.130. The molecule has 240 valence electrons. The van der Waals surface area contributed by atoms with Gasteiger partial charge < -0.3 is 29.4 Å². The Hall–Kier alpha value is -3.85. The summed E-state index contributed by atoms with van der Waals surface area (Å²) in [5, 5.41) is 12.1. The van der Waals surface area contributed by atoms with E-state index in [9.17, 15) is 9.59 Å². The second kappa shape index (κ2) is 13.6. The number of aromatic nitrogens is 5. The summed E-state index contributed by atoms with van der Waals surface area (Å²) in [5.74, 6) is 0.122. The van der Waals surface area contributed by atoms with E-state index >= 15 is 0 Å². The first-order chi connectivity index (χ1) is 22.1. The first-order valence-corrected chi connectivity index (χ1v) is 16.0. The molecular formula is C31H41N9O5. The minimum atomic E-state index is -0.686. The highest BCUT2D eigenvalue weighted by atomic mass is 16.5. The van der Waals surface area contributed by atoms with E-state index in [-0.39, 0.29) is 30.1 Å². The van der Waals surface area contributed by atoms with Crippen LogP contribution in [0.5, 0.6) is 5.75 Å². The van der Waals surface area contributed by atoms with Crippen molar-refractivity contribution in [3.05, 3.63) is 59.9 Å². The maximum atomic E-state index is 14.0. The van der Waals surface area contributed by atoms with Gasteiger partial charge in [0, 0.05) is 70.7 Å². The zero-order chi connectivity index (χ0) is 30.6. The van der Waals surface area contributed by atoms with E-state index in [2.05, 4.69) is 35.4 Å². The Morgan fingerprint density at radius 2 is 1.84 bits per heavy atom. The van der Waals surface area contributed by atoms with Crippen LogP contribution in [0.2, 0.25) is 0 Å².